The summed E-state index contributed by atoms with van der Waals surface area (Å²) in [4.78, 5) is 37.2. The Morgan fingerprint density at radius 1 is 1.12 bits per heavy atom. The molecule has 6 nitrogen and oxygen atoms in total. The summed E-state index contributed by atoms with van der Waals surface area (Å²) in [6.45, 7) is 4.36. The number of amides is 1. The number of hydrogen-bond donors (Lipinski definition) is 2. The minimum absolute atomic E-state index is 0.0211. The van der Waals surface area contributed by atoms with Gasteiger partial charge in [-0.2, -0.15) is 0 Å². The van der Waals surface area contributed by atoms with Crippen molar-refractivity contribution in [1.82, 2.24) is 5.32 Å². The predicted molar refractivity (Wildman–Crippen MR) is 132 cm³/mol. The van der Waals surface area contributed by atoms with Crippen LogP contribution in [-0.2, 0) is 20.7 Å². The second kappa shape index (κ2) is 12.6. The molecule has 7 heteroatoms. The van der Waals surface area contributed by atoms with Gasteiger partial charge >= 0.3 is 5.97 Å². The molecule has 3 atom stereocenters. The normalized spacial score (nSPS) is 17.6. The Morgan fingerprint density at radius 2 is 1.91 bits per heavy atom. The Kier molecular flexibility index (Phi) is 9.51. The zero-order valence-electron chi connectivity index (χ0n) is 19.2. The lowest BCUT2D eigenvalue weighted by atomic mass is 10.00. The van der Waals surface area contributed by atoms with E-state index in [9.17, 15) is 14.4 Å². The number of nitrogens with one attached hydrogen (secondary N) is 2. The fraction of sp³-hybridized carbons (Fsp3) is 0.423. The van der Waals surface area contributed by atoms with Gasteiger partial charge in [0, 0.05) is 24.4 Å². The highest BCUT2D eigenvalue weighted by Crippen LogP contribution is 2.20. The average Bonchev–Trinajstić information content (AvgIpc) is 2.83. The minimum Gasteiger partial charge on any atom is -0.457 e. The highest BCUT2D eigenvalue weighted by molar-refractivity contribution is 8.13. The molecule has 0 aliphatic carbocycles. The third-order valence-corrected chi connectivity index (χ3v) is 6.73. The zero-order chi connectivity index (χ0) is 23.6. The van der Waals surface area contributed by atoms with Gasteiger partial charge in [0.2, 0.25) is 5.91 Å². The standard InChI is InChI=1S/C26H32N2O4S/c1-18(24-13-6-7-14-27-24)32-26(31)21-11-8-12-23(16-21)28-25(30)22(17-33-19(2)29)15-20-9-4-3-5-10-20/h3-5,8-12,16,18,22,24,27H,6-7,13-15,17H2,1-2H3,(H,28,30). The number of esters is 1. The van der Waals surface area contributed by atoms with E-state index in [4.69, 9.17) is 4.74 Å². The lowest BCUT2D eigenvalue weighted by Crippen LogP contribution is -2.43. The molecule has 2 aromatic carbocycles. The van der Waals surface area contributed by atoms with Crippen LogP contribution in [0.2, 0.25) is 0 Å². The largest absolute Gasteiger partial charge is 0.457 e. The Balaban J connectivity index is 1.64. The van der Waals surface area contributed by atoms with Crippen molar-refractivity contribution in [1.29, 1.82) is 0 Å². The molecule has 1 amide bonds. The fourth-order valence-electron chi connectivity index (χ4n) is 3.91. The van der Waals surface area contributed by atoms with E-state index < -0.39 is 5.97 Å². The average molecular weight is 469 g/mol. The van der Waals surface area contributed by atoms with Crippen molar-refractivity contribution in [2.45, 2.75) is 51.7 Å². The molecule has 1 fully saturated rings. The Hall–Kier alpha value is -2.64. The molecule has 1 heterocycles. The first-order valence-electron chi connectivity index (χ1n) is 11.4. The summed E-state index contributed by atoms with van der Waals surface area (Å²) >= 11 is 1.15. The topological polar surface area (TPSA) is 84.5 Å². The molecule has 3 unspecified atom stereocenters. The minimum atomic E-state index is -0.404. The fourth-order valence-corrected chi connectivity index (χ4v) is 4.62. The summed E-state index contributed by atoms with van der Waals surface area (Å²) in [7, 11) is 0. The first kappa shape index (κ1) is 25.0. The number of anilines is 1. The van der Waals surface area contributed by atoms with E-state index >= 15 is 0 Å². The summed E-state index contributed by atoms with van der Waals surface area (Å²) in [6, 6.07) is 16.7. The predicted octanol–water partition coefficient (Wildman–Crippen LogP) is 4.45. The van der Waals surface area contributed by atoms with Crippen LogP contribution in [0.15, 0.2) is 54.6 Å². The van der Waals surface area contributed by atoms with Crippen LogP contribution >= 0.6 is 11.8 Å². The van der Waals surface area contributed by atoms with Gasteiger partial charge in [0.05, 0.1) is 11.5 Å². The van der Waals surface area contributed by atoms with Crippen LogP contribution in [0.4, 0.5) is 5.69 Å². The Morgan fingerprint density at radius 3 is 2.61 bits per heavy atom. The van der Waals surface area contributed by atoms with Crippen LogP contribution < -0.4 is 10.6 Å². The van der Waals surface area contributed by atoms with Crippen LogP contribution in [0.25, 0.3) is 0 Å². The van der Waals surface area contributed by atoms with E-state index in [0.717, 1.165) is 43.1 Å². The van der Waals surface area contributed by atoms with Gasteiger partial charge in [0.15, 0.2) is 5.12 Å². The number of piperidine rings is 1. The van der Waals surface area contributed by atoms with Gasteiger partial charge in [-0.25, -0.2) is 4.79 Å². The Labute approximate surface area is 199 Å². The van der Waals surface area contributed by atoms with E-state index in [1.165, 1.54) is 6.92 Å². The summed E-state index contributed by atoms with van der Waals surface area (Å²) in [5.74, 6) is -0.574. The second-order valence-electron chi connectivity index (χ2n) is 8.43. The first-order valence-corrected chi connectivity index (χ1v) is 12.4. The number of benzene rings is 2. The van der Waals surface area contributed by atoms with Crippen molar-refractivity contribution in [3.05, 3.63) is 65.7 Å². The highest BCUT2D eigenvalue weighted by Gasteiger charge is 2.24. The molecular weight excluding hydrogens is 436 g/mol. The lowest BCUT2D eigenvalue weighted by molar-refractivity contribution is -0.119. The molecule has 2 N–H and O–H groups in total. The smallest absolute Gasteiger partial charge is 0.338 e. The van der Waals surface area contributed by atoms with Crippen LogP contribution in [0.5, 0.6) is 0 Å². The number of rotatable bonds is 9. The van der Waals surface area contributed by atoms with Gasteiger partial charge in [0.25, 0.3) is 0 Å². The van der Waals surface area contributed by atoms with Crippen molar-refractivity contribution in [2.24, 2.45) is 5.92 Å². The molecule has 2 aromatic rings. The van der Waals surface area contributed by atoms with E-state index in [-0.39, 0.29) is 29.1 Å². The summed E-state index contributed by atoms with van der Waals surface area (Å²) < 4.78 is 5.67. The summed E-state index contributed by atoms with van der Waals surface area (Å²) in [5.41, 5.74) is 1.96. The monoisotopic (exact) mass is 468 g/mol. The summed E-state index contributed by atoms with van der Waals surface area (Å²) in [5, 5.41) is 6.30. The first-order chi connectivity index (χ1) is 15.9. The molecule has 3 rings (SSSR count). The Bertz CT molecular complexity index is 944. The van der Waals surface area contributed by atoms with Crippen molar-refractivity contribution in [3.63, 3.8) is 0 Å². The van der Waals surface area contributed by atoms with Crippen LogP contribution in [-0.4, -0.2) is 41.4 Å². The van der Waals surface area contributed by atoms with Crippen molar-refractivity contribution >= 4 is 34.4 Å². The van der Waals surface area contributed by atoms with Gasteiger partial charge in [-0.15, -0.1) is 0 Å². The van der Waals surface area contributed by atoms with Gasteiger partial charge in [-0.05, 0) is 56.5 Å². The number of hydrogen-bond acceptors (Lipinski definition) is 6. The molecule has 0 spiro atoms. The molecule has 0 aromatic heterocycles. The molecule has 1 aliphatic rings. The quantitative estimate of drug-likeness (QED) is 0.529. The summed E-state index contributed by atoms with van der Waals surface area (Å²) in [6.07, 6.45) is 3.57. The molecular formula is C26H32N2O4S. The number of ether oxygens (including phenoxy) is 1. The highest BCUT2D eigenvalue weighted by atomic mass is 32.2. The van der Waals surface area contributed by atoms with E-state index in [2.05, 4.69) is 10.6 Å². The molecule has 176 valence electrons. The van der Waals surface area contributed by atoms with Gasteiger partial charge in [-0.1, -0.05) is 54.6 Å². The van der Waals surface area contributed by atoms with Crippen LogP contribution in [0.1, 0.15) is 49.0 Å². The molecule has 33 heavy (non-hydrogen) atoms. The van der Waals surface area contributed by atoms with Crippen molar-refractivity contribution in [2.75, 3.05) is 17.6 Å². The lowest BCUT2D eigenvalue weighted by Gasteiger charge is -2.28. The van der Waals surface area contributed by atoms with E-state index in [0.29, 0.717) is 23.4 Å². The number of carbonyl (C=O) groups is 3. The van der Waals surface area contributed by atoms with E-state index in [1.807, 2.05) is 37.3 Å². The SMILES string of the molecule is CC(=O)SCC(Cc1ccccc1)C(=O)Nc1cccc(C(=O)OC(C)C2CCCCN2)c1. The third kappa shape index (κ3) is 8.02. The molecule has 0 bridgehead atoms. The maximum atomic E-state index is 13.0. The number of thioether (sulfide) groups is 1. The third-order valence-electron chi connectivity index (χ3n) is 5.76. The molecule has 0 saturated carbocycles. The second-order valence-corrected chi connectivity index (χ2v) is 9.62. The van der Waals surface area contributed by atoms with Crippen LogP contribution in [0.3, 0.4) is 0 Å². The molecule has 1 aliphatic heterocycles. The van der Waals surface area contributed by atoms with Gasteiger partial charge < -0.3 is 15.4 Å². The molecule has 0 radical (unpaired) electrons. The van der Waals surface area contributed by atoms with Gasteiger partial charge in [-0.3, -0.25) is 9.59 Å². The number of carbonyl (C=O) groups excluding carboxylic acids is 3. The van der Waals surface area contributed by atoms with Gasteiger partial charge in [0.1, 0.15) is 6.10 Å². The molecule has 1 saturated heterocycles. The van der Waals surface area contributed by atoms with Crippen molar-refractivity contribution < 1.29 is 19.1 Å². The zero-order valence-corrected chi connectivity index (χ0v) is 20.0. The van der Waals surface area contributed by atoms with E-state index in [1.54, 1.807) is 24.3 Å². The van der Waals surface area contributed by atoms with Crippen LogP contribution in [0, 0.1) is 5.92 Å². The maximum Gasteiger partial charge on any atom is 0.338 e. The van der Waals surface area contributed by atoms with Crippen molar-refractivity contribution in [3.8, 4) is 0 Å². The maximum absolute atomic E-state index is 13.0.